The van der Waals surface area contributed by atoms with Crippen LogP contribution in [0.5, 0.6) is 5.75 Å². The molecule has 0 bridgehead atoms. The highest BCUT2D eigenvalue weighted by Crippen LogP contribution is 2.42. The molecule has 1 aromatic carbocycles. The van der Waals surface area contributed by atoms with Gasteiger partial charge in [0.25, 0.3) is 11.8 Å². The Kier molecular flexibility index (Phi) is 7.82. The Balaban J connectivity index is 1.86. The number of fused-ring (bicyclic) bond motifs is 1. The molecular formula is C26H36F3N3O2. The van der Waals surface area contributed by atoms with E-state index in [4.69, 9.17) is 10.5 Å². The molecule has 1 aliphatic heterocycles. The number of alkyl halides is 2. The summed E-state index contributed by atoms with van der Waals surface area (Å²) < 4.78 is 48.9. The molecule has 2 aliphatic rings. The summed E-state index contributed by atoms with van der Waals surface area (Å²) in [7, 11) is 1.86. The Morgan fingerprint density at radius 1 is 1.24 bits per heavy atom. The number of carbonyl (C=O) groups is 1. The predicted molar refractivity (Wildman–Crippen MR) is 127 cm³/mol. The molecule has 188 valence electrons. The lowest BCUT2D eigenvalue weighted by Crippen LogP contribution is -2.54. The first kappa shape index (κ1) is 26.3. The van der Waals surface area contributed by atoms with Gasteiger partial charge in [0, 0.05) is 44.1 Å². The Hall–Kier alpha value is -2.32. The van der Waals surface area contributed by atoms with Crippen LogP contribution in [0.1, 0.15) is 57.3 Å². The van der Waals surface area contributed by atoms with Gasteiger partial charge in [0.15, 0.2) is 0 Å². The van der Waals surface area contributed by atoms with Crippen molar-refractivity contribution >= 4 is 5.91 Å². The van der Waals surface area contributed by atoms with E-state index in [1.807, 2.05) is 32.7 Å². The average Bonchev–Trinajstić information content (AvgIpc) is 3.13. The van der Waals surface area contributed by atoms with E-state index in [1.54, 1.807) is 17.0 Å². The van der Waals surface area contributed by atoms with Crippen LogP contribution in [0.3, 0.4) is 0 Å². The van der Waals surface area contributed by atoms with E-state index in [0.29, 0.717) is 44.6 Å². The van der Waals surface area contributed by atoms with Crippen LogP contribution in [0.4, 0.5) is 13.2 Å². The number of rotatable bonds is 4. The fourth-order valence-corrected chi connectivity index (χ4v) is 4.60. The summed E-state index contributed by atoms with van der Waals surface area (Å²) >= 11 is 0. The number of carbonyl (C=O) groups excluding carboxylic acids is 1. The normalized spacial score (nSPS) is 24.9. The molecule has 0 aromatic heterocycles. The number of allylic oxidation sites excluding steroid dienone is 3. The molecule has 1 amide bonds. The Morgan fingerprint density at radius 2 is 1.94 bits per heavy atom. The van der Waals surface area contributed by atoms with E-state index in [0.717, 1.165) is 12.5 Å². The number of likely N-dealkylation sites (N-methyl/N-ethyl adjacent to an activating group) is 1. The van der Waals surface area contributed by atoms with Crippen LogP contribution in [0.2, 0.25) is 0 Å². The van der Waals surface area contributed by atoms with E-state index >= 15 is 0 Å². The molecule has 0 spiro atoms. The summed E-state index contributed by atoms with van der Waals surface area (Å²) in [5, 5.41) is 0. The molecule has 1 unspecified atom stereocenters. The minimum Gasteiger partial charge on any atom is -0.491 e. The highest BCUT2D eigenvalue weighted by Gasteiger charge is 2.39. The zero-order valence-electron chi connectivity index (χ0n) is 20.7. The first-order valence-electron chi connectivity index (χ1n) is 11.8. The molecule has 1 heterocycles. The third-order valence-electron chi connectivity index (χ3n) is 6.82. The molecular weight excluding hydrogens is 443 g/mol. The second kappa shape index (κ2) is 10.1. The van der Waals surface area contributed by atoms with Crippen molar-refractivity contribution in [1.82, 2.24) is 9.80 Å². The lowest BCUT2D eigenvalue weighted by molar-refractivity contribution is 0.0518. The third-order valence-corrected chi connectivity index (χ3v) is 6.82. The fourth-order valence-electron chi connectivity index (χ4n) is 4.60. The van der Waals surface area contributed by atoms with Gasteiger partial charge in [-0.15, -0.1) is 0 Å². The number of nitrogens with zero attached hydrogens (tertiary/aromatic N) is 2. The number of hydrogen-bond acceptors (Lipinski definition) is 4. The lowest BCUT2D eigenvalue weighted by atomic mass is 9.84. The van der Waals surface area contributed by atoms with Crippen molar-refractivity contribution < 1.29 is 22.7 Å². The average molecular weight is 480 g/mol. The SMILES string of the molecule is CC(C)Oc1ccc(C(=O)N2CCC3=CC=C(C(C)(F)F)C3CC[C@](C)(N)N(C)CC2)c(F)c1. The van der Waals surface area contributed by atoms with Crippen LogP contribution >= 0.6 is 0 Å². The van der Waals surface area contributed by atoms with Crippen molar-refractivity contribution in [3.63, 3.8) is 0 Å². The van der Waals surface area contributed by atoms with Crippen LogP contribution in [-0.2, 0) is 0 Å². The third kappa shape index (κ3) is 6.02. The first-order valence-corrected chi connectivity index (χ1v) is 11.8. The molecule has 2 N–H and O–H groups in total. The van der Waals surface area contributed by atoms with Gasteiger partial charge < -0.3 is 15.4 Å². The maximum Gasteiger partial charge on any atom is 0.267 e. The lowest BCUT2D eigenvalue weighted by Gasteiger charge is -2.37. The zero-order chi connectivity index (χ0) is 25.3. The molecule has 5 nitrogen and oxygen atoms in total. The quantitative estimate of drug-likeness (QED) is 0.662. The molecule has 0 saturated carbocycles. The van der Waals surface area contributed by atoms with Crippen molar-refractivity contribution in [3.8, 4) is 5.75 Å². The van der Waals surface area contributed by atoms with E-state index < -0.39 is 29.2 Å². The van der Waals surface area contributed by atoms with Crippen LogP contribution in [0.25, 0.3) is 0 Å². The summed E-state index contributed by atoms with van der Waals surface area (Å²) in [6, 6.07) is 4.24. The van der Waals surface area contributed by atoms with Crippen molar-refractivity contribution in [3.05, 3.63) is 52.9 Å². The molecule has 8 heteroatoms. The standard InChI is InChI=1S/C26H36F3N3O2/c1-17(2)34-19-7-8-21(23(27)16-19)24(33)32-13-11-18-6-9-22(26(4,28)29)20(18)10-12-25(3,30)31(5)14-15-32/h6-9,16-17,20H,10-15,30H2,1-5H3/t20?,25-/m1/s1. The van der Waals surface area contributed by atoms with Crippen LogP contribution in [0.15, 0.2) is 41.5 Å². The minimum absolute atomic E-state index is 0.0417. The summed E-state index contributed by atoms with van der Waals surface area (Å²) in [6.07, 6.45) is 4.59. The van der Waals surface area contributed by atoms with Gasteiger partial charge in [0.2, 0.25) is 0 Å². The number of halogens is 3. The van der Waals surface area contributed by atoms with E-state index in [9.17, 15) is 18.0 Å². The molecule has 1 fully saturated rings. The molecule has 1 aliphatic carbocycles. The molecule has 0 radical (unpaired) electrons. The molecule has 34 heavy (non-hydrogen) atoms. The number of hydrogen-bond donors (Lipinski definition) is 1. The van der Waals surface area contributed by atoms with Gasteiger partial charge in [0.1, 0.15) is 11.6 Å². The highest BCUT2D eigenvalue weighted by atomic mass is 19.3. The van der Waals surface area contributed by atoms with Gasteiger partial charge in [-0.2, -0.15) is 0 Å². The summed E-state index contributed by atoms with van der Waals surface area (Å²) in [4.78, 5) is 16.8. The van der Waals surface area contributed by atoms with Crippen molar-refractivity contribution in [2.75, 3.05) is 26.7 Å². The van der Waals surface area contributed by atoms with Crippen LogP contribution in [0, 0.1) is 11.7 Å². The summed E-state index contributed by atoms with van der Waals surface area (Å²) in [5.41, 5.74) is 6.70. The van der Waals surface area contributed by atoms with Crippen molar-refractivity contribution in [1.29, 1.82) is 0 Å². The van der Waals surface area contributed by atoms with Gasteiger partial charge in [-0.3, -0.25) is 9.69 Å². The highest BCUT2D eigenvalue weighted by molar-refractivity contribution is 5.94. The number of nitrogens with two attached hydrogens (primary N) is 1. The molecule has 1 aromatic rings. The maximum absolute atomic E-state index is 14.8. The number of amides is 1. The fraction of sp³-hybridized carbons (Fsp3) is 0.577. The van der Waals surface area contributed by atoms with Gasteiger partial charge in [0.05, 0.1) is 17.3 Å². The number of ether oxygens (including phenoxy) is 1. The van der Waals surface area contributed by atoms with E-state index in [1.165, 1.54) is 18.2 Å². The van der Waals surface area contributed by atoms with Crippen LogP contribution < -0.4 is 10.5 Å². The molecule has 2 atom stereocenters. The maximum atomic E-state index is 14.8. The van der Waals surface area contributed by atoms with E-state index in [2.05, 4.69) is 0 Å². The largest absolute Gasteiger partial charge is 0.491 e. The zero-order valence-corrected chi connectivity index (χ0v) is 20.7. The van der Waals surface area contributed by atoms with Gasteiger partial charge in [-0.25, -0.2) is 13.2 Å². The van der Waals surface area contributed by atoms with Crippen LogP contribution in [-0.4, -0.2) is 60.1 Å². The van der Waals surface area contributed by atoms with E-state index in [-0.39, 0.29) is 17.2 Å². The van der Waals surface area contributed by atoms with Gasteiger partial charge in [-0.05, 0) is 59.2 Å². The van der Waals surface area contributed by atoms with Crippen molar-refractivity contribution in [2.24, 2.45) is 11.7 Å². The number of benzene rings is 1. The van der Waals surface area contributed by atoms with Gasteiger partial charge in [-0.1, -0.05) is 17.7 Å². The minimum atomic E-state index is -2.93. The topological polar surface area (TPSA) is 58.8 Å². The van der Waals surface area contributed by atoms with Crippen molar-refractivity contribution in [2.45, 2.75) is 64.6 Å². The second-order valence-electron chi connectivity index (χ2n) is 9.97. The summed E-state index contributed by atoms with van der Waals surface area (Å²) in [5.74, 6) is -4.09. The van der Waals surface area contributed by atoms with Gasteiger partial charge >= 0.3 is 0 Å². The second-order valence-corrected chi connectivity index (χ2v) is 9.97. The predicted octanol–water partition coefficient (Wildman–Crippen LogP) is 4.98. The molecule has 1 saturated heterocycles. The monoisotopic (exact) mass is 479 g/mol. The Labute approximate surface area is 200 Å². The smallest absolute Gasteiger partial charge is 0.267 e. The summed E-state index contributed by atoms with van der Waals surface area (Å²) in [6.45, 7) is 7.59. The Morgan fingerprint density at radius 3 is 2.56 bits per heavy atom. The Bertz CT molecular complexity index is 967. The molecule has 3 rings (SSSR count). The first-order chi connectivity index (χ1) is 15.8.